The Morgan fingerprint density at radius 3 is 2.70 bits per heavy atom. The fraction of sp³-hybridized carbons (Fsp3) is 0.406. The highest BCUT2D eigenvalue weighted by Gasteiger charge is 2.30. The van der Waals surface area contributed by atoms with E-state index in [1.165, 1.54) is 22.9 Å². The number of hydrogen-bond donors (Lipinski definition) is 1. The van der Waals surface area contributed by atoms with Crippen LogP contribution in [0.25, 0.3) is 17.2 Å². The van der Waals surface area contributed by atoms with Gasteiger partial charge >= 0.3 is 0 Å². The topological polar surface area (TPSA) is 114 Å². The lowest BCUT2D eigenvalue weighted by molar-refractivity contribution is -0.108. The highest BCUT2D eigenvalue weighted by molar-refractivity contribution is 8.01. The van der Waals surface area contributed by atoms with Crippen LogP contribution in [0.15, 0.2) is 47.3 Å². The van der Waals surface area contributed by atoms with Crippen molar-refractivity contribution in [2.24, 2.45) is 0 Å². The third kappa shape index (κ3) is 5.36. The predicted octanol–water partition coefficient (Wildman–Crippen LogP) is 3.58. The maximum atomic E-state index is 14.1. The van der Waals surface area contributed by atoms with Gasteiger partial charge in [0.2, 0.25) is 5.78 Å². The summed E-state index contributed by atoms with van der Waals surface area (Å²) in [6.45, 7) is 5.20. The minimum absolute atomic E-state index is 0.0220. The standard InChI is InChI=1S/C32H35N7O4S/c1-2-27-28(36-12-14-37(15-13-36)30(41)25-5-3-4-6-26(25)35-44-24-9-10-24)31(42)39-32(38(27)16-17-40)33-29(34-39)22-7-8-23-20-43-18-11-21(23)19-22/h3-8,17,19,24,35H,2,9-16,18,20H2,1H3. The molecule has 3 aliphatic rings. The first kappa shape index (κ1) is 28.6. The van der Waals surface area contributed by atoms with Gasteiger partial charge in [-0.1, -0.05) is 31.2 Å². The van der Waals surface area contributed by atoms with Gasteiger partial charge in [-0.15, -0.1) is 5.10 Å². The monoisotopic (exact) mass is 613 g/mol. The third-order valence-electron chi connectivity index (χ3n) is 8.56. The second-order valence-electron chi connectivity index (χ2n) is 11.4. The van der Waals surface area contributed by atoms with Crippen molar-refractivity contribution in [2.45, 2.75) is 51.0 Å². The summed E-state index contributed by atoms with van der Waals surface area (Å²) in [6, 6.07) is 13.7. The minimum atomic E-state index is -0.268. The Bertz CT molecular complexity index is 1790. The summed E-state index contributed by atoms with van der Waals surface area (Å²) in [5.41, 5.74) is 5.63. The fourth-order valence-corrected chi connectivity index (χ4v) is 6.89. The smallest absolute Gasteiger partial charge is 0.299 e. The summed E-state index contributed by atoms with van der Waals surface area (Å²) in [6.07, 6.45) is 4.58. The van der Waals surface area contributed by atoms with Crippen LogP contribution in [0.3, 0.4) is 0 Å². The zero-order valence-corrected chi connectivity index (χ0v) is 25.5. The maximum absolute atomic E-state index is 14.1. The van der Waals surface area contributed by atoms with Gasteiger partial charge in [0.25, 0.3) is 11.5 Å². The SMILES string of the molecule is CCc1c(N2CCN(C(=O)c3ccccc3NSC3CC3)CC2)c(=O)n2nc(-c3ccc4c(c3)CCOC4)nc2n1CC=O. The van der Waals surface area contributed by atoms with E-state index in [9.17, 15) is 14.4 Å². The highest BCUT2D eigenvalue weighted by atomic mass is 32.2. The van der Waals surface area contributed by atoms with E-state index in [2.05, 4.69) is 15.9 Å². The molecule has 228 valence electrons. The summed E-state index contributed by atoms with van der Waals surface area (Å²) < 4.78 is 12.1. The molecule has 1 amide bonds. The Kier molecular flexibility index (Phi) is 7.85. The maximum Gasteiger partial charge on any atom is 0.299 e. The average Bonchev–Trinajstić information content (AvgIpc) is 3.79. The molecule has 2 aliphatic heterocycles. The van der Waals surface area contributed by atoms with Gasteiger partial charge in [0.05, 0.1) is 36.7 Å². The highest BCUT2D eigenvalue weighted by Crippen LogP contribution is 2.35. The van der Waals surface area contributed by atoms with Crippen LogP contribution in [0, 0.1) is 0 Å². The summed E-state index contributed by atoms with van der Waals surface area (Å²) in [7, 11) is 0. The van der Waals surface area contributed by atoms with E-state index < -0.39 is 0 Å². The molecule has 2 aromatic carbocycles. The van der Waals surface area contributed by atoms with E-state index in [-0.39, 0.29) is 18.0 Å². The van der Waals surface area contributed by atoms with E-state index >= 15 is 0 Å². The van der Waals surface area contributed by atoms with Crippen LogP contribution in [0.2, 0.25) is 0 Å². The van der Waals surface area contributed by atoms with Gasteiger partial charge in [0.1, 0.15) is 12.0 Å². The number of nitrogens with one attached hydrogen (secondary N) is 1. The molecule has 4 aromatic rings. The largest absolute Gasteiger partial charge is 0.376 e. The number of ether oxygens (including phenoxy) is 1. The number of aromatic nitrogens is 4. The first-order valence-corrected chi connectivity index (χ1v) is 16.1. The van der Waals surface area contributed by atoms with E-state index in [0.717, 1.165) is 35.2 Å². The molecule has 2 aromatic heterocycles. The van der Waals surface area contributed by atoms with Crippen molar-refractivity contribution in [1.82, 2.24) is 24.1 Å². The molecule has 0 spiro atoms. The first-order chi connectivity index (χ1) is 21.6. The molecule has 1 aliphatic carbocycles. The summed E-state index contributed by atoms with van der Waals surface area (Å²) in [4.78, 5) is 48.1. The van der Waals surface area contributed by atoms with Crippen molar-refractivity contribution in [2.75, 3.05) is 42.4 Å². The Morgan fingerprint density at radius 2 is 1.93 bits per heavy atom. The first-order valence-electron chi connectivity index (χ1n) is 15.3. The number of carbonyl (C=O) groups is 2. The molecule has 7 rings (SSSR count). The lowest BCUT2D eigenvalue weighted by atomic mass is 10.0. The van der Waals surface area contributed by atoms with Gasteiger partial charge in [-0.05, 0) is 67.0 Å². The van der Waals surface area contributed by atoms with Gasteiger partial charge in [-0.2, -0.15) is 9.50 Å². The van der Waals surface area contributed by atoms with Gasteiger partial charge in [0, 0.05) is 37.0 Å². The van der Waals surface area contributed by atoms with Crippen molar-refractivity contribution in [1.29, 1.82) is 0 Å². The van der Waals surface area contributed by atoms with Crippen molar-refractivity contribution in [3.8, 4) is 11.4 Å². The number of aldehydes is 1. The van der Waals surface area contributed by atoms with Crippen molar-refractivity contribution in [3.05, 3.63) is 75.2 Å². The number of fused-ring (bicyclic) bond motifs is 2. The number of anilines is 2. The molecule has 0 radical (unpaired) electrons. The Morgan fingerprint density at radius 1 is 1.11 bits per heavy atom. The van der Waals surface area contributed by atoms with Gasteiger partial charge < -0.3 is 28.6 Å². The van der Waals surface area contributed by atoms with E-state index in [1.54, 1.807) is 16.5 Å². The molecule has 44 heavy (non-hydrogen) atoms. The number of para-hydroxylation sites is 1. The molecule has 1 saturated heterocycles. The Hall–Kier alpha value is -4.16. The molecule has 4 heterocycles. The van der Waals surface area contributed by atoms with E-state index in [1.807, 2.05) is 53.1 Å². The van der Waals surface area contributed by atoms with Crippen LogP contribution < -0.4 is 15.2 Å². The van der Waals surface area contributed by atoms with Gasteiger partial charge in [0.15, 0.2) is 5.82 Å². The summed E-state index contributed by atoms with van der Waals surface area (Å²) in [5.74, 6) is 0.768. The summed E-state index contributed by atoms with van der Waals surface area (Å²) >= 11 is 1.68. The zero-order chi connectivity index (χ0) is 30.2. The molecular weight excluding hydrogens is 578 g/mol. The molecule has 2 fully saturated rings. The van der Waals surface area contributed by atoms with Gasteiger partial charge in [-0.3, -0.25) is 9.59 Å². The summed E-state index contributed by atoms with van der Waals surface area (Å²) in [5, 5.41) is 5.27. The third-order valence-corrected chi connectivity index (χ3v) is 9.70. The van der Waals surface area contributed by atoms with Crippen LogP contribution in [-0.4, -0.2) is 74.3 Å². The van der Waals surface area contributed by atoms with Crippen LogP contribution in [-0.2, 0) is 35.5 Å². The molecule has 1 saturated carbocycles. The van der Waals surface area contributed by atoms with Gasteiger partial charge in [-0.25, -0.2) is 0 Å². The van der Waals surface area contributed by atoms with E-state index in [4.69, 9.17) is 9.72 Å². The van der Waals surface area contributed by atoms with Crippen LogP contribution in [0.4, 0.5) is 11.4 Å². The molecule has 12 heteroatoms. The number of hydrogen-bond acceptors (Lipinski definition) is 9. The number of benzene rings is 2. The molecule has 0 bridgehead atoms. The number of carbonyl (C=O) groups excluding carboxylic acids is 2. The lowest BCUT2D eigenvalue weighted by Crippen LogP contribution is -2.51. The molecule has 0 atom stereocenters. The van der Waals surface area contributed by atoms with Crippen molar-refractivity contribution < 1.29 is 14.3 Å². The number of amides is 1. The molecule has 0 unspecified atom stereocenters. The normalized spacial score (nSPS) is 16.7. The number of nitrogens with zero attached hydrogens (tertiary/aromatic N) is 6. The van der Waals surface area contributed by atoms with Crippen molar-refractivity contribution in [3.63, 3.8) is 0 Å². The molecular formula is C32H35N7O4S. The quantitative estimate of drug-likeness (QED) is 0.224. The lowest BCUT2D eigenvalue weighted by Gasteiger charge is -2.37. The molecule has 1 N–H and O–H groups in total. The number of rotatable bonds is 9. The second-order valence-corrected chi connectivity index (χ2v) is 12.5. The Balaban J connectivity index is 1.18. The fourth-order valence-electron chi connectivity index (χ4n) is 6.05. The average molecular weight is 614 g/mol. The second kappa shape index (κ2) is 12.1. The van der Waals surface area contributed by atoms with Crippen LogP contribution in [0.5, 0.6) is 0 Å². The molecule has 11 nitrogen and oxygen atoms in total. The van der Waals surface area contributed by atoms with E-state index in [0.29, 0.717) is 73.9 Å². The minimum Gasteiger partial charge on any atom is -0.376 e. The van der Waals surface area contributed by atoms with Crippen molar-refractivity contribution >= 4 is 41.3 Å². The Labute approximate surface area is 259 Å². The van der Waals surface area contributed by atoms with Crippen LogP contribution >= 0.6 is 11.9 Å². The van der Waals surface area contributed by atoms with Crippen LogP contribution in [0.1, 0.15) is 46.9 Å². The zero-order valence-electron chi connectivity index (χ0n) is 24.7. The number of piperazine rings is 1. The predicted molar refractivity (Wildman–Crippen MR) is 170 cm³/mol.